The minimum Gasteiger partial charge on any atom is -0.508 e. The van der Waals surface area contributed by atoms with Gasteiger partial charge in [0.15, 0.2) is 0 Å². The summed E-state index contributed by atoms with van der Waals surface area (Å²) in [5.74, 6) is -17.6. The van der Waals surface area contributed by atoms with Crippen molar-refractivity contribution in [3.8, 4) is 17.2 Å². The lowest BCUT2D eigenvalue weighted by atomic mass is 9.98. The zero-order valence-corrected chi connectivity index (χ0v) is 57.3. The molecule has 12 amide bonds. The van der Waals surface area contributed by atoms with E-state index >= 15 is 0 Å². The number of phenolic OH excluding ortho intramolecular Hbond substituents is 3. The van der Waals surface area contributed by atoms with Crippen LogP contribution in [-0.4, -0.2) is 223 Å². The minimum absolute atomic E-state index is 0.0301. The van der Waals surface area contributed by atoms with Crippen LogP contribution in [-0.2, 0) is 91.1 Å². The second-order valence-corrected chi connectivity index (χ2v) is 25.3. The number of cyclic esters (lactones) is 1. The van der Waals surface area contributed by atoms with Gasteiger partial charge < -0.3 is 116 Å². The van der Waals surface area contributed by atoms with Crippen molar-refractivity contribution >= 4 is 82.8 Å². The van der Waals surface area contributed by atoms with E-state index in [0.717, 1.165) is 13.8 Å². The van der Waals surface area contributed by atoms with E-state index in [9.17, 15) is 103 Å². The molecule has 36 heteroatoms. The van der Waals surface area contributed by atoms with Gasteiger partial charge in [-0.05, 0) is 124 Å². The van der Waals surface area contributed by atoms with Gasteiger partial charge in [-0.15, -0.1) is 0 Å². The topological polar surface area (TPSA) is 586 Å². The van der Waals surface area contributed by atoms with Gasteiger partial charge in [0.2, 0.25) is 71.2 Å². The molecule has 0 aromatic heterocycles. The Morgan fingerprint density at radius 1 is 0.602 bits per heavy atom. The van der Waals surface area contributed by atoms with E-state index in [-0.39, 0.29) is 55.0 Å². The molecule has 3 aromatic carbocycles. The van der Waals surface area contributed by atoms with E-state index in [2.05, 4.69) is 63.8 Å². The van der Waals surface area contributed by atoms with Crippen molar-refractivity contribution in [3.05, 3.63) is 89.5 Å². The van der Waals surface area contributed by atoms with Crippen molar-refractivity contribution < 1.29 is 108 Å². The van der Waals surface area contributed by atoms with Gasteiger partial charge >= 0.3 is 11.9 Å². The summed E-state index contributed by atoms with van der Waals surface area (Å²) in [7, 11) is 0. The Labute approximate surface area is 592 Å². The van der Waals surface area contributed by atoms with E-state index in [0.29, 0.717) is 30.5 Å². The van der Waals surface area contributed by atoms with Crippen molar-refractivity contribution in [2.75, 3.05) is 19.7 Å². The number of hydrogen-bond donors (Lipinski definition) is 21. The van der Waals surface area contributed by atoms with E-state index in [1.54, 1.807) is 6.92 Å². The van der Waals surface area contributed by atoms with Gasteiger partial charge in [-0.1, -0.05) is 56.7 Å². The van der Waals surface area contributed by atoms with Gasteiger partial charge in [0.1, 0.15) is 84.3 Å². The molecule has 0 spiro atoms. The molecule has 3 aromatic rings. The van der Waals surface area contributed by atoms with Crippen LogP contribution in [0.3, 0.4) is 0 Å². The molecule has 36 nitrogen and oxygen atoms in total. The monoisotopic (exact) mass is 1450 g/mol. The first-order valence-electron chi connectivity index (χ1n) is 33.6. The molecule has 2 aliphatic rings. The van der Waals surface area contributed by atoms with E-state index in [1.807, 2.05) is 0 Å². The second-order valence-electron chi connectivity index (χ2n) is 25.3. The van der Waals surface area contributed by atoms with E-state index < -0.39 is 225 Å². The third-order valence-corrected chi connectivity index (χ3v) is 17.0. The number of carboxylic acid groups (broad SMARTS) is 1. The van der Waals surface area contributed by atoms with Crippen LogP contribution in [0.4, 0.5) is 0 Å². The van der Waals surface area contributed by atoms with Gasteiger partial charge in [0.25, 0.3) is 5.91 Å². The Hall–Kier alpha value is -10.6. The number of rotatable bonds is 24. The van der Waals surface area contributed by atoms with Crippen LogP contribution in [0.5, 0.6) is 17.2 Å². The number of aromatic hydroxyl groups is 3. The zero-order chi connectivity index (χ0) is 76.2. The first-order valence-corrected chi connectivity index (χ1v) is 33.6. The normalized spacial score (nSPS) is 24.5. The van der Waals surface area contributed by atoms with Gasteiger partial charge in [-0.2, -0.15) is 0 Å². The van der Waals surface area contributed by atoms with Crippen molar-refractivity contribution in [1.29, 1.82) is 0 Å². The number of benzene rings is 3. The van der Waals surface area contributed by atoms with Crippen LogP contribution in [0.25, 0.3) is 0 Å². The third kappa shape index (κ3) is 27.4. The number of carbonyl (C=O) groups excluding carboxylic acids is 13. The Bertz CT molecular complexity index is 3450. The number of amides is 12. The highest BCUT2D eigenvalue weighted by molar-refractivity contribution is 6.00. The summed E-state index contributed by atoms with van der Waals surface area (Å²) in [4.78, 5) is 195. The summed E-state index contributed by atoms with van der Waals surface area (Å²) in [6, 6.07) is -2.47. The lowest BCUT2D eigenvalue weighted by Gasteiger charge is -2.29. The molecular weight excluding hydrogens is 1350 g/mol. The Morgan fingerprint density at radius 3 is 1.65 bits per heavy atom. The highest BCUT2D eigenvalue weighted by Gasteiger charge is 2.39. The fourth-order valence-electron chi connectivity index (χ4n) is 10.8. The number of primary amides is 1. The number of aliphatic hydroxyl groups is 3. The largest absolute Gasteiger partial charge is 0.508 e. The maximum Gasteiger partial charge on any atom is 0.329 e. The van der Waals surface area contributed by atoms with Gasteiger partial charge in [-0.3, -0.25) is 62.3 Å². The number of aliphatic carboxylic acids is 1. The lowest BCUT2D eigenvalue weighted by molar-refractivity contribution is -0.153. The number of phenols is 3. The molecule has 2 heterocycles. The number of carboxylic acids is 1. The molecule has 0 radical (unpaired) electrons. The quantitative estimate of drug-likeness (QED) is 0.0372. The SMILES string of the molecule is CCC(C)C1NC(=O)C(Cc2ccc(O)cc2)NC(=O)C(O)NC(=O)C(CCCN)NC(=O)C(Cc2ccc(O)cc2)NC(=O)C(C(C)O)NC(=O)C(CCC(=O)O)NC(=O)C(C)NC(=O)C(NC(=O)C(Cc2ccc(O)cc2)NC(=O)C(CCC(N)=O)NC(=O)C2CCCN2)CC(O)COC1=O. The van der Waals surface area contributed by atoms with Crippen LogP contribution in [0.1, 0.15) is 109 Å². The van der Waals surface area contributed by atoms with Gasteiger partial charge in [-0.25, -0.2) is 4.79 Å². The van der Waals surface area contributed by atoms with Crippen LogP contribution < -0.4 is 75.3 Å². The van der Waals surface area contributed by atoms with Crippen LogP contribution in [0.2, 0.25) is 0 Å². The van der Waals surface area contributed by atoms with Crippen molar-refractivity contribution in [1.82, 2.24) is 63.8 Å². The lowest BCUT2D eigenvalue weighted by Crippen LogP contribution is -2.62. The Balaban J connectivity index is 1.60. The summed E-state index contributed by atoms with van der Waals surface area (Å²) in [6.45, 7) is 4.72. The molecule has 2 aliphatic heterocycles. The van der Waals surface area contributed by atoms with Crippen molar-refractivity contribution in [2.24, 2.45) is 17.4 Å². The molecule has 15 atom stereocenters. The minimum atomic E-state index is -2.49. The second kappa shape index (κ2) is 40.8. The smallest absolute Gasteiger partial charge is 0.329 e. The Kier molecular flexibility index (Phi) is 32.9. The van der Waals surface area contributed by atoms with E-state index in [1.165, 1.54) is 79.7 Å². The predicted molar refractivity (Wildman–Crippen MR) is 362 cm³/mol. The molecule has 0 bridgehead atoms. The molecule has 0 aliphatic carbocycles. The number of nitrogens with one attached hydrogen (secondary N) is 12. The average molecular weight is 1450 g/mol. The summed E-state index contributed by atoms with van der Waals surface area (Å²) in [6.07, 6.45) is -9.71. The van der Waals surface area contributed by atoms with Crippen molar-refractivity contribution in [3.63, 3.8) is 0 Å². The predicted octanol–water partition coefficient (Wildman–Crippen LogP) is -5.51. The number of aliphatic hydroxyl groups excluding tert-OH is 3. The summed E-state index contributed by atoms with van der Waals surface area (Å²) >= 11 is 0. The average Bonchev–Trinajstić information content (AvgIpc) is 0.918. The third-order valence-electron chi connectivity index (χ3n) is 17.0. The first kappa shape index (κ1) is 83.1. The molecule has 2 saturated heterocycles. The molecule has 23 N–H and O–H groups in total. The van der Waals surface area contributed by atoms with Gasteiger partial charge in [0.05, 0.1) is 18.2 Å². The van der Waals surface area contributed by atoms with Gasteiger partial charge in [0, 0.05) is 38.5 Å². The molecule has 103 heavy (non-hydrogen) atoms. The Morgan fingerprint density at radius 2 is 1.12 bits per heavy atom. The maximum absolute atomic E-state index is 14.8. The van der Waals surface area contributed by atoms with Crippen molar-refractivity contribution in [2.45, 2.75) is 196 Å². The first-order chi connectivity index (χ1) is 48.7. The zero-order valence-electron chi connectivity index (χ0n) is 57.3. The number of nitrogens with two attached hydrogens (primary N) is 2. The highest BCUT2D eigenvalue weighted by Crippen LogP contribution is 2.19. The molecule has 564 valence electrons. The van der Waals surface area contributed by atoms with E-state index in [4.69, 9.17) is 16.2 Å². The number of hydrogen-bond acceptors (Lipinski definition) is 23. The standard InChI is InChI=1S/C67H94N14O22/c1-5-33(2)53-67(102)103-32-42(86)31-50(76-62(97)47(28-36-10-16-39(83)17-11-36)75-57(92)45(22-24-51(69)87)74-56(91)43-9-7-27-70-43)60(95)71-34(3)55(90)72-46(23-25-52(88)89)58(93)80-54(35(4)82)64(99)77-48(29-37-12-18-40(84)19-13-37)61(96)73-44(8-6-26-68)59(94)81-66(101)65(100)78-49(63(98)79-53)30-38-14-20-41(85)21-15-38/h10-21,33-35,42-50,53-54,66,70,82-86,101H,5-9,22-32,68H2,1-4H3,(H2,69,87)(H,71,95)(H,72,90)(H,73,96)(H,74,91)(H,75,92)(H,76,97)(H,77,99)(H,78,100)(H,79,98)(H,80,93)(H,81,94)(H,88,89). The molecule has 0 saturated carbocycles. The highest BCUT2D eigenvalue weighted by atomic mass is 16.5. The van der Waals surface area contributed by atoms with Crippen LogP contribution in [0, 0.1) is 5.92 Å². The number of carbonyl (C=O) groups is 14. The summed E-state index contributed by atoms with van der Waals surface area (Å²) in [5, 5.41) is 103. The summed E-state index contributed by atoms with van der Waals surface area (Å²) < 4.78 is 5.55. The van der Waals surface area contributed by atoms with Crippen LogP contribution in [0.15, 0.2) is 72.8 Å². The molecule has 5 rings (SSSR count). The maximum atomic E-state index is 14.8. The number of esters is 1. The summed E-state index contributed by atoms with van der Waals surface area (Å²) in [5.41, 5.74) is 12.1. The molecular formula is C67H94N14O22. The fourth-order valence-corrected chi connectivity index (χ4v) is 10.8. The molecule has 2 fully saturated rings. The molecule has 15 unspecified atom stereocenters. The van der Waals surface area contributed by atoms with Crippen LogP contribution >= 0.6 is 0 Å². The number of ether oxygens (including phenoxy) is 1. The fraction of sp³-hybridized carbons (Fsp3) is 0.522.